The van der Waals surface area contributed by atoms with E-state index in [-0.39, 0.29) is 5.91 Å². The van der Waals surface area contributed by atoms with Crippen molar-refractivity contribution in [3.8, 4) is 23.0 Å². The quantitative estimate of drug-likeness (QED) is 0.699. The molecule has 1 aliphatic heterocycles. The van der Waals surface area contributed by atoms with E-state index in [0.717, 1.165) is 18.7 Å². The Bertz CT molecular complexity index is 785. The molecule has 3 rings (SSSR count). The molecule has 146 valence electrons. The van der Waals surface area contributed by atoms with Crippen LogP contribution in [-0.4, -0.2) is 54.1 Å². The summed E-state index contributed by atoms with van der Waals surface area (Å²) in [4.78, 5) is 14.4. The van der Waals surface area contributed by atoms with Gasteiger partial charge in [-0.2, -0.15) is 0 Å². The zero-order valence-electron chi connectivity index (χ0n) is 16.1. The summed E-state index contributed by atoms with van der Waals surface area (Å²) in [6, 6.07) is 5.39. The van der Waals surface area contributed by atoms with E-state index >= 15 is 0 Å². The van der Waals surface area contributed by atoms with E-state index in [4.69, 9.17) is 13.9 Å². The van der Waals surface area contributed by atoms with E-state index in [9.17, 15) is 4.79 Å². The number of rotatable bonds is 6. The van der Waals surface area contributed by atoms with E-state index < -0.39 is 0 Å². The van der Waals surface area contributed by atoms with Crippen molar-refractivity contribution in [3.63, 3.8) is 0 Å². The zero-order valence-corrected chi connectivity index (χ0v) is 16.9. The van der Waals surface area contributed by atoms with Crippen molar-refractivity contribution in [1.82, 2.24) is 15.1 Å². The van der Waals surface area contributed by atoms with Crippen molar-refractivity contribution in [2.45, 2.75) is 25.5 Å². The molecule has 2 aromatic rings. The summed E-state index contributed by atoms with van der Waals surface area (Å²) in [5, 5.41) is 8.50. The van der Waals surface area contributed by atoms with Gasteiger partial charge in [0.15, 0.2) is 11.5 Å². The maximum Gasteiger partial charge on any atom is 0.277 e. The number of amides is 1. The summed E-state index contributed by atoms with van der Waals surface area (Å²) in [5.74, 6) is 3.10. The number of aromatic nitrogens is 2. The number of nitrogens with zero attached hydrogens (tertiary/aromatic N) is 3. The van der Waals surface area contributed by atoms with Gasteiger partial charge >= 0.3 is 0 Å². The first-order valence-corrected chi connectivity index (χ1v) is 9.95. The second-order valence-electron chi connectivity index (χ2n) is 6.98. The Morgan fingerprint density at radius 1 is 1.19 bits per heavy atom. The van der Waals surface area contributed by atoms with Crippen molar-refractivity contribution in [2.24, 2.45) is 11.8 Å². The molecule has 8 heteroatoms. The molecular formula is C19H25N3O4S. The Kier molecular flexibility index (Phi) is 6.26. The van der Waals surface area contributed by atoms with Crippen LogP contribution in [0.2, 0.25) is 0 Å². The molecule has 1 amide bonds. The lowest BCUT2D eigenvalue weighted by Gasteiger charge is -2.34. The van der Waals surface area contributed by atoms with Gasteiger partial charge in [-0.1, -0.05) is 25.6 Å². The van der Waals surface area contributed by atoms with Crippen LogP contribution in [0.1, 0.15) is 20.3 Å². The fourth-order valence-electron chi connectivity index (χ4n) is 3.44. The molecule has 2 heterocycles. The van der Waals surface area contributed by atoms with Crippen LogP contribution in [0.5, 0.6) is 11.5 Å². The average molecular weight is 391 g/mol. The highest BCUT2D eigenvalue weighted by Crippen LogP contribution is 2.32. The molecule has 1 saturated heterocycles. The fourth-order valence-corrected chi connectivity index (χ4v) is 4.10. The van der Waals surface area contributed by atoms with Gasteiger partial charge in [0, 0.05) is 18.7 Å². The molecule has 1 fully saturated rings. The molecule has 7 nitrogen and oxygen atoms in total. The Hall–Kier alpha value is -2.22. The third-order valence-corrected chi connectivity index (χ3v) is 5.38. The predicted octanol–water partition coefficient (Wildman–Crippen LogP) is 3.35. The van der Waals surface area contributed by atoms with Crippen molar-refractivity contribution in [3.05, 3.63) is 18.2 Å². The number of methoxy groups -OCH3 is 2. The molecule has 1 aliphatic rings. The molecule has 0 saturated carbocycles. The van der Waals surface area contributed by atoms with Crippen molar-refractivity contribution >= 4 is 17.7 Å². The summed E-state index contributed by atoms with van der Waals surface area (Å²) >= 11 is 1.27. The molecule has 27 heavy (non-hydrogen) atoms. The molecule has 0 unspecified atom stereocenters. The molecule has 0 aliphatic carbocycles. The zero-order chi connectivity index (χ0) is 19.4. The largest absolute Gasteiger partial charge is 0.493 e. The van der Waals surface area contributed by atoms with Crippen LogP contribution in [-0.2, 0) is 4.79 Å². The Morgan fingerprint density at radius 2 is 1.89 bits per heavy atom. The third kappa shape index (κ3) is 4.74. The van der Waals surface area contributed by atoms with E-state index in [0.29, 0.717) is 40.2 Å². The van der Waals surface area contributed by atoms with E-state index in [1.54, 1.807) is 26.4 Å². The van der Waals surface area contributed by atoms with Crippen molar-refractivity contribution < 1.29 is 18.7 Å². The summed E-state index contributed by atoms with van der Waals surface area (Å²) < 4.78 is 16.2. The second-order valence-corrected chi connectivity index (χ2v) is 7.90. The van der Waals surface area contributed by atoms with Crippen molar-refractivity contribution in [1.29, 1.82) is 0 Å². The summed E-state index contributed by atoms with van der Waals surface area (Å²) in [6.07, 6.45) is 1.18. The monoisotopic (exact) mass is 391 g/mol. The lowest BCUT2D eigenvalue weighted by molar-refractivity contribution is -0.130. The van der Waals surface area contributed by atoms with Crippen molar-refractivity contribution in [2.75, 3.05) is 33.1 Å². The minimum absolute atomic E-state index is 0.115. The molecule has 1 aromatic heterocycles. The number of thioether (sulfide) groups is 1. The first-order chi connectivity index (χ1) is 13.0. The van der Waals surface area contributed by atoms with E-state index in [2.05, 4.69) is 24.0 Å². The van der Waals surface area contributed by atoms with Crippen LogP contribution in [0, 0.1) is 11.8 Å². The Balaban J connectivity index is 1.62. The van der Waals surface area contributed by atoms with Gasteiger partial charge in [-0.05, 0) is 36.5 Å². The highest BCUT2D eigenvalue weighted by molar-refractivity contribution is 7.99. The van der Waals surface area contributed by atoms with Gasteiger partial charge in [0.25, 0.3) is 5.22 Å². The minimum Gasteiger partial charge on any atom is -0.493 e. The van der Waals surface area contributed by atoms with Crippen LogP contribution >= 0.6 is 11.8 Å². The number of hydrogen-bond donors (Lipinski definition) is 0. The minimum atomic E-state index is 0.115. The van der Waals surface area contributed by atoms with Crippen LogP contribution in [0.25, 0.3) is 11.5 Å². The van der Waals surface area contributed by atoms with Crippen LogP contribution < -0.4 is 9.47 Å². The maximum absolute atomic E-state index is 12.5. The topological polar surface area (TPSA) is 77.7 Å². The highest BCUT2D eigenvalue weighted by Gasteiger charge is 2.25. The first kappa shape index (κ1) is 19.5. The number of likely N-dealkylation sites (tertiary alicyclic amines) is 1. The van der Waals surface area contributed by atoms with Gasteiger partial charge in [0.1, 0.15) is 0 Å². The summed E-state index contributed by atoms with van der Waals surface area (Å²) in [7, 11) is 3.16. The second kappa shape index (κ2) is 8.65. The van der Waals surface area contributed by atoms with Gasteiger partial charge in [-0.3, -0.25) is 4.79 Å². The molecule has 0 bridgehead atoms. The SMILES string of the molecule is COc1ccc(-c2nnc(SCC(=O)N3C[C@H](C)C[C@@H](C)C3)o2)cc1OC. The number of piperidine rings is 1. The lowest BCUT2D eigenvalue weighted by atomic mass is 9.92. The molecule has 0 radical (unpaired) electrons. The lowest BCUT2D eigenvalue weighted by Crippen LogP contribution is -2.43. The number of benzene rings is 1. The average Bonchev–Trinajstić information content (AvgIpc) is 3.13. The number of ether oxygens (including phenoxy) is 2. The van der Waals surface area contributed by atoms with Gasteiger partial charge in [-0.25, -0.2) is 0 Å². The van der Waals surface area contributed by atoms with Gasteiger partial charge in [-0.15, -0.1) is 10.2 Å². The standard InChI is InChI=1S/C19H25N3O4S/c1-12-7-13(2)10-22(9-12)17(23)11-27-19-21-20-18(26-19)14-5-6-15(24-3)16(8-14)25-4/h5-6,8,12-13H,7,9-11H2,1-4H3/t12-,13-/m1/s1. The smallest absolute Gasteiger partial charge is 0.277 e. The maximum atomic E-state index is 12.5. The number of hydrogen-bond acceptors (Lipinski definition) is 7. The molecule has 1 aromatic carbocycles. The summed E-state index contributed by atoms with van der Waals surface area (Å²) in [6.45, 7) is 6.03. The molecular weight excluding hydrogens is 366 g/mol. The Morgan fingerprint density at radius 3 is 2.56 bits per heavy atom. The number of carbonyl (C=O) groups excluding carboxylic acids is 1. The number of carbonyl (C=O) groups is 1. The van der Waals surface area contributed by atoms with E-state index in [1.807, 2.05) is 11.0 Å². The van der Waals surface area contributed by atoms with Gasteiger partial charge < -0.3 is 18.8 Å². The normalized spacial score (nSPS) is 19.8. The Labute approximate surface area is 163 Å². The molecule has 0 spiro atoms. The van der Waals surface area contributed by atoms with Gasteiger partial charge in [0.2, 0.25) is 11.8 Å². The first-order valence-electron chi connectivity index (χ1n) is 8.96. The van der Waals surface area contributed by atoms with Gasteiger partial charge in [0.05, 0.1) is 20.0 Å². The fraction of sp³-hybridized carbons (Fsp3) is 0.526. The third-order valence-electron chi connectivity index (χ3n) is 4.58. The van der Waals surface area contributed by atoms with Crippen LogP contribution in [0.4, 0.5) is 0 Å². The predicted molar refractivity (Wildman–Crippen MR) is 103 cm³/mol. The molecule has 2 atom stereocenters. The van der Waals surface area contributed by atoms with Crippen LogP contribution in [0.15, 0.2) is 27.8 Å². The van der Waals surface area contributed by atoms with Crippen LogP contribution in [0.3, 0.4) is 0 Å². The summed E-state index contributed by atoms with van der Waals surface area (Å²) in [5.41, 5.74) is 0.733. The van der Waals surface area contributed by atoms with E-state index in [1.165, 1.54) is 18.2 Å². The highest BCUT2D eigenvalue weighted by atomic mass is 32.2. The molecule has 0 N–H and O–H groups in total.